The second-order valence-electron chi connectivity index (χ2n) is 5.38. The number of carbonyl (C=O) groups is 1. The number of benzene rings is 1. The Morgan fingerprint density at radius 1 is 1.38 bits per heavy atom. The first kappa shape index (κ1) is 15.3. The molecule has 0 atom stereocenters. The van der Waals surface area contributed by atoms with Crippen LogP contribution in [0, 0.1) is 5.92 Å². The van der Waals surface area contributed by atoms with Crippen LogP contribution in [0.15, 0.2) is 23.0 Å². The number of nitrogens with one attached hydrogen (secondary N) is 1. The zero-order chi connectivity index (χ0) is 15.4. The van der Waals surface area contributed by atoms with Crippen LogP contribution in [0.2, 0.25) is 0 Å². The van der Waals surface area contributed by atoms with Gasteiger partial charge in [-0.25, -0.2) is 9.59 Å². The van der Waals surface area contributed by atoms with E-state index in [4.69, 9.17) is 4.74 Å². The van der Waals surface area contributed by atoms with Crippen LogP contribution in [0.1, 0.15) is 30.6 Å². The van der Waals surface area contributed by atoms with Gasteiger partial charge in [0.15, 0.2) is 0 Å². The molecular weight excluding hydrogens is 272 g/mol. The van der Waals surface area contributed by atoms with Crippen molar-refractivity contribution in [2.75, 3.05) is 13.2 Å². The number of hydrogen-bond acceptors (Lipinski definition) is 3. The van der Waals surface area contributed by atoms with E-state index in [1.165, 1.54) is 10.6 Å². The molecule has 2 rings (SSSR count). The van der Waals surface area contributed by atoms with Crippen LogP contribution in [0.4, 0.5) is 0 Å². The number of carboxylic acids is 1. The number of imidazole rings is 1. The number of H-pyrrole nitrogens is 1. The molecular formula is C15H20N2O4. The lowest BCUT2D eigenvalue weighted by Gasteiger charge is -2.08. The Bertz CT molecular complexity index is 685. The third kappa shape index (κ3) is 3.52. The average molecular weight is 292 g/mol. The van der Waals surface area contributed by atoms with E-state index in [0.717, 1.165) is 6.42 Å². The van der Waals surface area contributed by atoms with E-state index in [2.05, 4.69) is 18.8 Å². The molecule has 0 aliphatic rings. The van der Waals surface area contributed by atoms with E-state index in [1.807, 2.05) is 0 Å². The van der Waals surface area contributed by atoms with Crippen molar-refractivity contribution in [1.29, 1.82) is 0 Å². The number of hydrogen-bond donors (Lipinski definition) is 2. The van der Waals surface area contributed by atoms with Gasteiger partial charge in [0.2, 0.25) is 0 Å². The lowest BCUT2D eigenvalue weighted by Crippen LogP contribution is -2.20. The third-order valence-corrected chi connectivity index (χ3v) is 3.32. The quantitative estimate of drug-likeness (QED) is 0.765. The van der Waals surface area contributed by atoms with Crippen LogP contribution in [0.25, 0.3) is 11.0 Å². The number of ether oxygens (including phenoxy) is 1. The molecule has 21 heavy (non-hydrogen) atoms. The number of aromatic amines is 1. The fraction of sp³-hybridized carbons (Fsp3) is 0.467. The van der Waals surface area contributed by atoms with E-state index in [-0.39, 0.29) is 11.3 Å². The molecule has 0 radical (unpaired) electrons. The number of para-hydroxylation sites is 1. The fourth-order valence-electron chi connectivity index (χ4n) is 2.18. The Hall–Kier alpha value is -2.08. The Balaban J connectivity index is 2.17. The van der Waals surface area contributed by atoms with Crippen LogP contribution in [-0.4, -0.2) is 33.8 Å². The highest BCUT2D eigenvalue weighted by molar-refractivity contribution is 6.01. The van der Waals surface area contributed by atoms with Gasteiger partial charge >= 0.3 is 11.7 Å². The molecule has 0 aliphatic carbocycles. The highest BCUT2D eigenvalue weighted by atomic mass is 16.5. The maximum atomic E-state index is 11.9. The van der Waals surface area contributed by atoms with Gasteiger partial charge in [0, 0.05) is 6.61 Å². The summed E-state index contributed by atoms with van der Waals surface area (Å²) in [6.45, 7) is 5.59. The summed E-state index contributed by atoms with van der Waals surface area (Å²) in [5.74, 6) is -0.478. The third-order valence-electron chi connectivity index (χ3n) is 3.32. The van der Waals surface area contributed by atoms with Gasteiger partial charge in [-0.2, -0.15) is 0 Å². The zero-order valence-electron chi connectivity index (χ0n) is 12.3. The predicted molar refractivity (Wildman–Crippen MR) is 79.8 cm³/mol. The first-order valence-corrected chi connectivity index (χ1v) is 7.03. The molecule has 2 aromatic rings. The van der Waals surface area contributed by atoms with Crippen molar-refractivity contribution >= 4 is 17.0 Å². The average Bonchev–Trinajstić information content (AvgIpc) is 2.73. The maximum absolute atomic E-state index is 11.9. The molecule has 0 amide bonds. The number of fused-ring (bicyclic) bond motifs is 1. The predicted octanol–water partition coefficient (Wildman–Crippen LogP) is 2.09. The van der Waals surface area contributed by atoms with Crippen LogP contribution >= 0.6 is 0 Å². The molecule has 0 bridgehead atoms. The normalized spacial score (nSPS) is 11.4. The van der Waals surface area contributed by atoms with Gasteiger partial charge in [-0.3, -0.25) is 4.57 Å². The maximum Gasteiger partial charge on any atom is 0.337 e. The molecule has 6 nitrogen and oxygen atoms in total. The molecule has 1 aromatic carbocycles. The summed E-state index contributed by atoms with van der Waals surface area (Å²) >= 11 is 0. The van der Waals surface area contributed by atoms with Crippen molar-refractivity contribution in [2.24, 2.45) is 5.92 Å². The number of rotatable bonds is 7. The van der Waals surface area contributed by atoms with E-state index in [1.54, 1.807) is 12.1 Å². The van der Waals surface area contributed by atoms with Crippen molar-refractivity contribution in [2.45, 2.75) is 26.8 Å². The van der Waals surface area contributed by atoms with Crippen LogP contribution in [-0.2, 0) is 11.3 Å². The summed E-state index contributed by atoms with van der Waals surface area (Å²) < 4.78 is 6.93. The largest absolute Gasteiger partial charge is 0.478 e. The molecule has 6 heteroatoms. The van der Waals surface area contributed by atoms with Crippen LogP contribution in [0.3, 0.4) is 0 Å². The summed E-state index contributed by atoms with van der Waals surface area (Å²) in [6.07, 6.45) is 0.961. The van der Waals surface area contributed by atoms with Gasteiger partial charge in [-0.15, -0.1) is 0 Å². The van der Waals surface area contributed by atoms with E-state index in [9.17, 15) is 14.7 Å². The van der Waals surface area contributed by atoms with Crippen molar-refractivity contribution < 1.29 is 14.6 Å². The summed E-state index contributed by atoms with van der Waals surface area (Å²) in [6, 6.07) is 4.80. The smallest absolute Gasteiger partial charge is 0.337 e. The molecule has 0 aliphatic heterocycles. The molecule has 0 fully saturated rings. The number of nitrogens with zero attached hydrogens (tertiary/aromatic N) is 1. The molecule has 2 N–H and O–H groups in total. The fourth-order valence-corrected chi connectivity index (χ4v) is 2.18. The van der Waals surface area contributed by atoms with Gasteiger partial charge < -0.3 is 14.8 Å². The minimum absolute atomic E-state index is 0.119. The van der Waals surface area contributed by atoms with Crippen LogP contribution < -0.4 is 5.69 Å². The van der Waals surface area contributed by atoms with Crippen molar-refractivity contribution in [3.05, 3.63) is 34.2 Å². The van der Waals surface area contributed by atoms with Crippen LogP contribution in [0.5, 0.6) is 0 Å². The molecule has 0 unspecified atom stereocenters. The van der Waals surface area contributed by atoms with E-state index < -0.39 is 5.97 Å². The van der Waals surface area contributed by atoms with Gasteiger partial charge in [0.05, 0.1) is 29.7 Å². The van der Waals surface area contributed by atoms with E-state index >= 15 is 0 Å². The van der Waals surface area contributed by atoms with Gasteiger partial charge in [-0.05, 0) is 24.5 Å². The first-order chi connectivity index (χ1) is 10.0. The first-order valence-electron chi connectivity index (χ1n) is 7.03. The van der Waals surface area contributed by atoms with E-state index in [0.29, 0.717) is 36.7 Å². The summed E-state index contributed by atoms with van der Waals surface area (Å²) in [5, 5.41) is 9.23. The van der Waals surface area contributed by atoms with Gasteiger partial charge in [0.1, 0.15) is 0 Å². The van der Waals surface area contributed by atoms with Crippen molar-refractivity contribution in [1.82, 2.24) is 9.55 Å². The SMILES string of the molecule is CC(C)CCOCCn1c(=O)[nH]c2cccc(C(=O)O)c21. The Kier molecular flexibility index (Phi) is 4.80. The second kappa shape index (κ2) is 6.58. The second-order valence-corrected chi connectivity index (χ2v) is 5.38. The number of aromatic carboxylic acids is 1. The van der Waals surface area contributed by atoms with Gasteiger partial charge in [-0.1, -0.05) is 19.9 Å². The topological polar surface area (TPSA) is 84.3 Å². The minimum Gasteiger partial charge on any atom is -0.478 e. The lowest BCUT2D eigenvalue weighted by atomic mass is 10.1. The lowest BCUT2D eigenvalue weighted by molar-refractivity contribution is 0.0698. The highest BCUT2D eigenvalue weighted by Crippen LogP contribution is 2.16. The van der Waals surface area contributed by atoms with Crippen molar-refractivity contribution in [3.63, 3.8) is 0 Å². The van der Waals surface area contributed by atoms with Gasteiger partial charge in [0.25, 0.3) is 0 Å². The standard InChI is InChI=1S/C15H20N2O4/c1-10(2)6-8-21-9-7-17-13-11(14(18)19)4-3-5-12(13)16-15(17)20/h3-5,10H,6-9H2,1-2H3,(H,16,20)(H,18,19). The molecule has 0 spiro atoms. The van der Waals surface area contributed by atoms with Crippen molar-refractivity contribution in [3.8, 4) is 0 Å². The monoisotopic (exact) mass is 292 g/mol. The number of aromatic nitrogens is 2. The molecule has 0 saturated heterocycles. The molecule has 0 saturated carbocycles. The summed E-state index contributed by atoms with van der Waals surface area (Å²) in [5.41, 5.74) is 0.753. The Morgan fingerprint density at radius 2 is 2.14 bits per heavy atom. The summed E-state index contributed by atoms with van der Waals surface area (Å²) in [4.78, 5) is 25.9. The Morgan fingerprint density at radius 3 is 2.81 bits per heavy atom. The number of carboxylic acid groups (broad SMARTS) is 1. The Labute approximate surface area is 122 Å². The zero-order valence-corrected chi connectivity index (χ0v) is 12.3. The molecule has 114 valence electrons. The molecule has 1 aromatic heterocycles. The molecule has 1 heterocycles. The minimum atomic E-state index is -1.05. The summed E-state index contributed by atoms with van der Waals surface area (Å²) in [7, 11) is 0. The highest BCUT2D eigenvalue weighted by Gasteiger charge is 2.15.